The maximum atomic E-state index is 12.6. The Balaban J connectivity index is 1.31. The fraction of sp³-hybridized carbons (Fsp3) is 0.375. The molecule has 2 N–H and O–H groups in total. The zero-order chi connectivity index (χ0) is 22.9. The van der Waals surface area contributed by atoms with Crippen LogP contribution in [0, 0.1) is 0 Å². The first kappa shape index (κ1) is 21.9. The van der Waals surface area contributed by atoms with Crippen molar-refractivity contribution in [1.29, 1.82) is 0 Å². The second kappa shape index (κ2) is 9.17. The Kier molecular flexibility index (Phi) is 6.09. The number of aromatic nitrogens is 1. The van der Waals surface area contributed by atoms with E-state index in [1.54, 1.807) is 7.11 Å². The van der Waals surface area contributed by atoms with Crippen molar-refractivity contribution in [2.45, 2.75) is 32.0 Å². The van der Waals surface area contributed by atoms with Gasteiger partial charge in [0.15, 0.2) is 0 Å². The van der Waals surface area contributed by atoms with Gasteiger partial charge in [-0.3, -0.25) is 24.2 Å². The van der Waals surface area contributed by atoms with E-state index < -0.39 is 0 Å². The number of ether oxygens (including phenoxy) is 1. The van der Waals surface area contributed by atoms with Crippen molar-refractivity contribution >= 4 is 46.2 Å². The number of carbonyl (C=O) groups excluding carboxylic acids is 3. The highest BCUT2D eigenvalue weighted by Gasteiger charge is 2.31. The molecule has 5 rings (SSSR count). The summed E-state index contributed by atoms with van der Waals surface area (Å²) in [6.07, 6.45) is 6.29. The van der Waals surface area contributed by atoms with Crippen LogP contribution in [0.4, 0.5) is 10.5 Å². The zero-order valence-electron chi connectivity index (χ0n) is 18.4. The lowest BCUT2D eigenvalue weighted by molar-refractivity contribution is -0.125. The van der Waals surface area contributed by atoms with Crippen LogP contribution in [0.3, 0.4) is 0 Å². The first-order chi connectivity index (χ1) is 16.0. The minimum Gasteiger partial charge on any atom is -0.381 e. The standard InChI is InChI=1S/C24H26N4O4S/c1-32-18-4-6-27(7-5-18)12-16-8-17(25-11-16)10-20-19-9-15(2-3-21(19)26-23(20)30)13-28-22(29)14-33-24(28)31/h2-3,8-11,18,25H,4-7,12-14H2,1H3,(H,26,30)/b20-10-. The molecule has 2 fully saturated rings. The average Bonchev–Trinajstić information content (AvgIpc) is 3.48. The van der Waals surface area contributed by atoms with Crippen molar-refractivity contribution in [3.63, 3.8) is 0 Å². The zero-order valence-corrected chi connectivity index (χ0v) is 19.2. The van der Waals surface area contributed by atoms with Crippen molar-refractivity contribution in [3.8, 4) is 0 Å². The highest BCUT2D eigenvalue weighted by atomic mass is 32.2. The number of amides is 3. The van der Waals surface area contributed by atoms with Crippen molar-refractivity contribution in [3.05, 3.63) is 52.8 Å². The van der Waals surface area contributed by atoms with E-state index in [1.165, 1.54) is 10.5 Å². The number of likely N-dealkylation sites (tertiary alicyclic amines) is 1. The number of hydrogen-bond acceptors (Lipinski definition) is 6. The summed E-state index contributed by atoms with van der Waals surface area (Å²) in [6, 6.07) is 7.62. The molecule has 3 amide bonds. The number of nitrogens with one attached hydrogen (secondary N) is 2. The second-order valence-corrected chi connectivity index (χ2v) is 9.53. The van der Waals surface area contributed by atoms with E-state index in [9.17, 15) is 14.4 Å². The molecule has 0 saturated carbocycles. The monoisotopic (exact) mass is 466 g/mol. The van der Waals surface area contributed by atoms with E-state index >= 15 is 0 Å². The quantitative estimate of drug-likeness (QED) is 0.635. The summed E-state index contributed by atoms with van der Waals surface area (Å²) in [5.41, 5.74) is 4.93. The van der Waals surface area contributed by atoms with Gasteiger partial charge >= 0.3 is 0 Å². The molecule has 2 aromatic rings. The lowest BCUT2D eigenvalue weighted by atomic mass is 10.0. The molecule has 0 aliphatic carbocycles. The van der Waals surface area contributed by atoms with E-state index in [2.05, 4.69) is 21.3 Å². The summed E-state index contributed by atoms with van der Waals surface area (Å²) in [5.74, 6) is -0.154. The van der Waals surface area contributed by atoms with Crippen LogP contribution in [-0.4, -0.2) is 63.9 Å². The van der Waals surface area contributed by atoms with Crippen LogP contribution in [0.1, 0.15) is 35.2 Å². The van der Waals surface area contributed by atoms with Gasteiger partial charge in [0.25, 0.3) is 11.1 Å². The van der Waals surface area contributed by atoms with Crippen molar-refractivity contribution in [2.75, 3.05) is 31.3 Å². The Morgan fingerprint density at radius 1 is 1.12 bits per heavy atom. The Morgan fingerprint density at radius 2 is 1.94 bits per heavy atom. The van der Waals surface area contributed by atoms with Crippen LogP contribution in [0.15, 0.2) is 30.5 Å². The number of thioether (sulfide) groups is 1. The van der Waals surface area contributed by atoms with Crippen LogP contribution < -0.4 is 5.32 Å². The minimum atomic E-state index is -0.226. The third-order valence-electron chi connectivity index (χ3n) is 6.39. The molecule has 0 radical (unpaired) electrons. The van der Waals surface area contributed by atoms with E-state index in [0.717, 1.165) is 66.7 Å². The Morgan fingerprint density at radius 3 is 2.67 bits per heavy atom. The lowest BCUT2D eigenvalue weighted by Gasteiger charge is -2.30. The van der Waals surface area contributed by atoms with Gasteiger partial charge < -0.3 is 15.0 Å². The molecule has 0 atom stereocenters. The first-order valence-corrected chi connectivity index (χ1v) is 12.0. The van der Waals surface area contributed by atoms with Gasteiger partial charge in [-0.25, -0.2) is 0 Å². The minimum absolute atomic E-state index is 0.163. The van der Waals surface area contributed by atoms with Gasteiger partial charge in [0.2, 0.25) is 5.91 Å². The third-order valence-corrected chi connectivity index (χ3v) is 7.25. The Hall–Kier alpha value is -2.88. The fourth-order valence-corrected chi connectivity index (χ4v) is 5.27. The molecule has 1 aromatic heterocycles. The van der Waals surface area contributed by atoms with E-state index in [1.807, 2.05) is 30.5 Å². The number of H-pyrrole nitrogens is 1. The molecular weight excluding hydrogens is 440 g/mol. The number of aromatic amines is 1. The van der Waals surface area contributed by atoms with Crippen molar-refractivity contribution in [1.82, 2.24) is 14.8 Å². The van der Waals surface area contributed by atoms with Crippen molar-refractivity contribution in [2.24, 2.45) is 0 Å². The molecule has 172 valence electrons. The summed E-state index contributed by atoms with van der Waals surface area (Å²) in [5, 5.41) is 2.67. The number of anilines is 1. The van der Waals surface area contributed by atoms with E-state index in [0.29, 0.717) is 11.7 Å². The highest BCUT2D eigenvalue weighted by molar-refractivity contribution is 8.14. The van der Waals surface area contributed by atoms with Crippen LogP contribution in [0.2, 0.25) is 0 Å². The number of methoxy groups -OCH3 is 1. The Bertz CT molecular complexity index is 1120. The number of rotatable bonds is 6. The molecule has 0 spiro atoms. The SMILES string of the molecule is COC1CCN(Cc2c[nH]c(/C=C3\C(=O)Nc4ccc(CN5C(=O)CSC5=O)cc43)c2)CC1. The number of nitrogens with zero attached hydrogens (tertiary/aromatic N) is 2. The molecule has 3 aliphatic rings. The van der Waals surface area contributed by atoms with Gasteiger partial charge in [0, 0.05) is 49.9 Å². The molecule has 3 aliphatic heterocycles. The number of benzene rings is 1. The molecule has 4 heterocycles. The summed E-state index contributed by atoms with van der Waals surface area (Å²) in [4.78, 5) is 43.5. The maximum Gasteiger partial charge on any atom is 0.289 e. The average molecular weight is 467 g/mol. The molecule has 0 bridgehead atoms. The number of carbonyl (C=O) groups is 3. The smallest absolute Gasteiger partial charge is 0.289 e. The molecule has 1 aromatic carbocycles. The highest BCUT2D eigenvalue weighted by Crippen LogP contribution is 2.34. The third kappa shape index (κ3) is 4.62. The topological polar surface area (TPSA) is 94.7 Å². The summed E-state index contributed by atoms with van der Waals surface area (Å²) in [7, 11) is 1.77. The summed E-state index contributed by atoms with van der Waals surface area (Å²) < 4.78 is 5.45. The van der Waals surface area contributed by atoms with Gasteiger partial charge in [0.05, 0.1) is 24.0 Å². The van der Waals surface area contributed by atoms with Crippen LogP contribution in [0.5, 0.6) is 0 Å². The maximum absolute atomic E-state index is 12.6. The van der Waals surface area contributed by atoms with Crippen molar-refractivity contribution < 1.29 is 19.1 Å². The normalized spacial score (nSPS) is 20.7. The fourth-order valence-electron chi connectivity index (χ4n) is 4.54. The van der Waals surface area contributed by atoms with Crippen LogP contribution in [0.25, 0.3) is 11.6 Å². The first-order valence-electron chi connectivity index (χ1n) is 11.1. The van der Waals surface area contributed by atoms with Crippen LogP contribution >= 0.6 is 11.8 Å². The van der Waals surface area contributed by atoms with Gasteiger partial charge in [-0.1, -0.05) is 17.8 Å². The lowest BCUT2D eigenvalue weighted by Crippen LogP contribution is -2.36. The second-order valence-electron chi connectivity index (χ2n) is 8.60. The predicted molar refractivity (Wildman–Crippen MR) is 127 cm³/mol. The molecular formula is C24H26N4O4S. The molecule has 2 saturated heterocycles. The number of hydrogen-bond donors (Lipinski definition) is 2. The largest absolute Gasteiger partial charge is 0.381 e. The van der Waals surface area contributed by atoms with Gasteiger partial charge in [-0.15, -0.1) is 0 Å². The van der Waals surface area contributed by atoms with Gasteiger partial charge in [-0.2, -0.15) is 0 Å². The number of imide groups is 1. The predicted octanol–water partition coefficient (Wildman–Crippen LogP) is 3.31. The molecule has 0 unspecified atom stereocenters. The van der Waals surface area contributed by atoms with Gasteiger partial charge in [-0.05, 0) is 48.2 Å². The molecule has 8 nitrogen and oxygen atoms in total. The van der Waals surface area contributed by atoms with Crippen LogP contribution in [-0.2, 0) is 27.4 Å². The number of fused-ring (bicyclic) bond motifs is 1. The van der Waals surface area contributed by atoms with Gasteiger partial charge in [0.1, 0.15) is 0 Å². The molecule has 33 heavy (non-hydrogen) atoms. The van der Waals surface area contributed by atoms with E-state index in [-0.39, 0.29) is 29.4 Å². The summed E-state index contributed by atoms with van der Waals surface area (Å²) in [6.45, 7) is 3.10. The van der Waals surface area contributed by atoms with E-state index in [4.69, 9.17) is 4.74 Å². The number of piperidine rings is 1. The Labute approximate surface area is 196 Å². The molecule has 9 heteroatoms. The summed E-state index contributed by atoms with van der Waals surface area (Å²) >= 11 is 1.02.